The van der Waals surface area contributed by atoms with Crippen molar-refractivity contribution in [3.05, 3.63) is 22.7 Å². The largest absolute Gasteiger partial charge is 0.394 e. The van der Waals surface area contributed by atoms with Crippen molar-refractivity contribution in [3.63, 3.8) is 0 Å². The Kier molecular flexibility index (Phi) is 4.90. The van der Waals surface area contributed by atoms with Gasteiger partial charge in [0.05, 0.1) is 12.1 Å². The van der Waals surface area contributed by atoms with E-state index in [2.05, 4.69) is 10.3 Å². The summed E-state index contributed by atoms with van der Waals surface area (Å²) in [7, 11) is 0. The van der Waals surface area contributed by atoms with Gasteiger partial charge < -0.3 is 15.0 Å². The average molecular weight is 253 g/mol. The second-order valence-corrected chi connectivity index (χ2v) is 4.85. The zero-order chi connectivity index (χ0) is 13.8. The molecule has 2 N–H and O–H groups in total. The Bertz CT molecular complexity index is 428. The monoisotopic (exact) mass is 253 g/mol. The number of aliphatic hydroxyl groups is 1. The predicted octanol–water partition coefficient (Wildman–Crippen LogP) is 1.79. The van der Waals surface area contributed by atoms with Crippen LogP contribution in [-0.2, 0) is 0 Å². The fourth-order valence-corrected chi connectivity index (χ4v) is 1.86. The lowest BCUT2D eigenvalue weighted by molar-refractivity contribution is 0.202. The number of aromatic nitrogens is 2. The molecule has 0 spiro atoms. The van der Waals surface area contributed by atoms with Crippen molar-refractivity contribution in [2.45, 2.75) is 52.1 Å². The highest BCUT2D eigenvalue weighted by Gasteiger charge is 2.26. The normalized spacial score (nSPS) is 11.9. The van der Waals surface area contributed by atoms with E-state index in [1.807, 2.05) is 27.7 Å². The molecule has 0 unspecified atom stereocenters. The van der Waals surface area contributed by atoms with Gasteiger partial charge in [-0.3, -0.25) is 4.79 Å². The van der Waals surface area contributed by atoms with Gasteiger partial charge in [0, 0.05) is 18.4 Å². The molecule has 102 valence electrons. The summed E-state index contributed by atoms with van der Waals surface area (Å²) in [6, 6.07) is 0.0906. The molecular formula is C13H23N3O2. The Balaban J connectivity index is 3.12. The highest BCUT2D eigenvalue weighted by Crippen LogP contribution is 2.18. The number of rotatable bonds is 6. The lowest BCUT2D eigenvalue weighted by Crippen LogP contribution is -2.43. The van der Waals surface area contributed by atoms with Gasteiger partial charge in [-0.15, -0.1) is 0 Å². The molecule has 0 bridgehead atoms. The topological polar surface area (TPSA) is 67.2 Å². The minimum atomic E-state index is -0.470. The lowest BCUT2D eigenvalue weighted by Gasteiger charge is -2.31. The van der Waals surface area contributed by atoms with Crippen LogP contribution in [0.5, 0.6) is 0 Å². The Hall–Kier alpha value is -1.36. The number of aliphatic hydroxyl groups excluding tert-OH is 1. The summed E-state index contributed by atoms with van der Waals surface area (Å²) in [4.78, 5) is 16.3. The maximum absolute atomic E-state index is 12.2. The van der Waals surface area contributed by atoms with Gasteiger partial charge in [0.2, 0.25) is 0 Å². The molecule has 5 nitrogen and oxygen atoms in total. The Labute approximate surface area is 108 Å². The summed E-state index contributed by atoms with van der Waals surface area (Å²) in [5, 5.41) is 12.6. The maximum Gasteiger partial charge on any atom is 0.293 e. The zero-order valence-corrected chi connectivity index (χ0v) is 11.6. The molecule has 0 amide bonds. The van der Waals surface area contributed by atoms with Crippen molar-refractivity contribution in [1.82, 2.24) is 9.55 Å². The van der Waals surface area contributed by atoms with E-state index in [1.165, 1.54) is 0 Å². The third kappa shape index (κ3) is 2.90. The predicted molar refractivity (Wildman–Crippen MR) is 72.9 cm³/mol. The van der Waals surface area contributed by atoms with Crippen molar-refractivity contribution in [1.29, 1.82) is 0 Å². The van der Waals surface area contributed by atoms with Gasteiger partial charge in [-0.2, -0.15) is 0 Å². The Morgan fingerprint density at radius 1 is 1.44 bits per heavy atom. The van der Waals surface area contributed by atoms with Crippen LogP contribution in [0.2, 0.25) is 0 Å². The SMILES string of the molecule is CCC(CC)(CO)Nc1nccn(C(C)C)c1=O. The number of nitrogens with one attached hydrogen (secondary N) is 1. The first-order valence-corrected chi connectivity index (χ1v) is 6.46. The number of nitrogens with zero attached hydrogens (tertiary/aromatic N) is 2. The Morgan fingerprint density at radius 2 is 2.06 bits per heavy atom. The minimum Gasteiger partial charge on any atom is -0.394 e. The van der Waals surface area contributed by atoms with Crippen LogP contribution in [0.3, 0.4) is 0 Å². The van der Waals surface area contributed by atoms with Gasteiger partial charge in [0.1, 0.15) is 0 Å². The molecule has 0 aliphatic rings. The quantitative estimate of drug-likeness (QED) is 0.811. The first kappa shape index (κ1) is 14.7. The third-order valence-electron chi connectivity index (χ3n) is 3.46. The van der Waals surface area contributed by atoms with Gasteiger partial charge in [-0.05, 0) is 26.7 Å². The minimum absolute atomic E-state index is 0.0162. The lowest BCUT2D eigenvalue weighted by atomic mass is 9.94. The van der Waals surface area contributed by atoms with E-state index in [1.54, 1.807) is 17.0 Å². The summed E-state index contributed by atoms with van der Waals surface area (Å²) in [5.74, 6) is 0.309. The summed E-state index contributed by atoms with van der Waals surface area (Å²) >= 11 is 0. The van der Waals surface area contributed by atoms with E-state index in [9.17, 15) is 9.90 Å². The number of hydrogen-bond acceptors (Lipinski definition) is 4. The molecule has 5 heteroatoms. The van der Waals surface area contributed by atoms with Crippen LogP contribution in [-0.4, -0.2) is 26.8 Å². The Morgan fingerprint density at radius 3 is 2.50 bits per heavy atom. The first-order valence-electron chi connectivity index (χ1n) is 6.46. The van der Waals surface area contributed by atoms with E-state index in [4.69, 9.17) is 0 Å². The molecule has 0 fully saturated rings. The number of hydrogen-bond donors (Lipinski definition) is 2. The van der Waals surface area contributed by atoms with Gasteiger partial charge in [0.25, 0.3) is 5.56 Å². The molecule has 0 atom stereocenters. The van der Waals surface area contributed by atoms with Crippen molar-refractivity contribution < 1.29 is 5.11 Å². The fraction of sp³-hybridized carbons (Fsp3) is 0.692. The van der Waals surface area contributed by atoms with Crippen molar-refractivity contribution in [3.8, 4) is 0 Å². The van der Waals surface area contributed by atoms with Crippen molar-refractivity contribution in [2.75, 3.05) is 11.9 Å². The van der Waals surface area contributed by atoms with Gasteiger partial charge in [-0.1, -0.05) is 13.8 Å². The maximum atomic E-state index is 12.2. The van der Waals surface area contributed by atoms with E-state index in [0.717, 1.165) is 12.8 Å². The van der Waals surface area contributed by atoms with E-state index in [0.29, 0.717) is 5.82 Å². The standard InChI is InChI=1S/C13H23N3O2/c1-5-13(6-2,9-17)15-11-12(18)16(10(3)4)8-7-14-11/h7-8,10,17H,5-6,9H2,1-4H3,(H,14,15). The van der Waals surface area contributed by atoms with Crippen LogP contribution in [0.1, 0.15) is 46.6 Å². The molecule has 0 radical (unpaired) electrons. The molecule has 18 heavy (non-hydrogen) atoms. The van der Waals surface area contributed by atoms with Gasteiger partial charge in [-0.25, -0.2) is 4.98 Å². The van der Waals surface area contributed by atoms with Crippen LogP contribution in [0, 0.1) is 0 Å². The summed E-state index contributed by atoms with van der Waals surface area (Å²) < 4.78 is 1.63. The summed E-state index contributed by atoms with van der Waals surface area (Å²) in [6.45, 7) is 7.85. The summed E-state index contributed by atoms with van der Waals surface area (Å²) in [5.41, 5.74) is -0.616. The molecule has 1 heterocycles. The molecule has 0 saturated heterocycles. The first-order chi connectivity index (χ1) is 8.49. The molecule has 0 aliphatic heterocycles. The van der Waals surface area contributed by atoms with Crippen molar-refractivity contribution in [2.24, 2.45) is 0 Å². The molecule has 0 aliphatic carbocycles. The second kappa shape index (κ2) is 6.00. The average Bonchev–Trinajstić information content (AvgIpc) is 2.38. The molecule has 1 rings (SSSR count). The second-order valence-electron chi connectivity index (χ2n) is 4.85. The highest BCUT2D eigenvalue weighted by atomic mass is 16.3. The van der Waals surface area contributed by atoms with Crippen molar-refractivity contribution >= 4 is 5.82 Å². The van der Waals surface area contributed by atoms with Crippen LogP contribution in [0.15, 0.2) is 17.2 Å². The molecule has 1 aromatic heterocycles. The number of anilines is 1. The molecule has 1 aromatic rings. The van der Waals surface area contributed by atoms with Crippen LogP contribution >= 0.6 is 0 Å². The van der Waals surface area contributed by atoms with Gasteiger partial charge in [0.15, 0.2) is 5.82 Å². The summed E-state index contributed by atoms with van der Waals surface area (Å²) in [6.07, 6.45) is 4.75. The third-order valence-corrected chi connectivity index (χ3v) is 3.46. The molecular weight excluding hydrogens is 230 g/mol. The van der Waals surface area contributed by atoms with Crippen LogP contribution < -0.4 is 10.9 Å². The molecule has 0 aromatic carbocycles. The van der Waals surface area contributed by atoms with E-state index >= 15 is 0 Å². The molecule has 0 saturated carbocycles. The van der Waals surface area contributed by atoms with Crippen LogP contribution in [0.4, 0.5) is 5.82 Å². The highest BCUT2D eigenvalue weighted by molar-refractivity contribution is 5.35. The smallest absolute Gasteiger partial charge is 0.293 e. The zero-order valence-electron chi connectivity index (χ0n) is 11.6. The van der Waals surface area contributed by atoms with E-state index in [-0.39, 0.29) is 18.2 Å². The fourth-order valence-electron chi connectivity index (χ4n) is 1.86. The van der Waals surface area contributed by atoms with Gasteiger partial charge >= 0.3 is 0 Å². The van der Waals surface area contributed by atoms with E-state index < -0.39 is 5.54 Å². The van der Waals surface area contributed by atoms with Crippen LogP contribution in [0.25, 0.3) is 0 Å².